The molecule has 0 saturated heterocycles. The third-order valence-corrected chi connectivity index (χ3v) is 4.45. The number of carbonyl (C=O) groups is 2. The summed E-state index contributed by atoms with van der Waals surface area (Å²) < 4.78 is 5.48. The second kappa shape index (κ2) is 9.13. The summed E-state index contributed by atoms with van der Waals surface area (Å²) in [6.45, 7) is 5.72. The Balaban J connectivity index is 1.69. The van der Waals surface area contributed by atoms with Gasteiger partial charge in [-0.1, -0.05) is 29.8 Å². The van der Waals surface area contributed by atoms with Crippen LogP contribution in [-0.4, -0.2) is 24.2 Å². The van der Waals surface area contributed by atoms with Gasteiger partial charge in [-0.15, -0.1) is 11.8 Å². The van der Waals surface area contributed by atoms with Gasteiger partial charge in [-0.05, 0) is 50.1 Å². The van der Waals surface area contributed by atoms with E-state index in [2.05, 4.69) is 10.9 Å². The molecule has 0 aliphatic rings. The summed E-state index contributed by atoms with van der Waals surface area (Å²) in [6, 6.07) is 13.7. The number of carbonyl (C=O) groups excluding carboxylic acids is 2. The molecule has 2 amide bonds. The lowest BCUT2D eigenvalue weighted by molar-refractivity contribution is -0.128. The van der Waals surface area contributed by atoms with Gasteiger partial charge < -0.3 is 4.74 Å². The van der Waals surface area contributed by atoms with Crippen molar-refractivity contribution in [2.24, 2.45) is 0 Å². The van der Waals surface area contributed by atoms with E-state index >= 15 is 0 Å². The molecule has 0 fully saturated rings. The van der Waals surface area contributed by atoms with Crippen molar-refractivity contribution >= 4 is 23.6 Å². The van der Waals surface area contributed by atoms with Gasteiger partial charge in [0.25, 0.3) is 5.91 Å². The molecule has 6 heteroatoms. The third-order valence-electron chi connectivity index (χ3n) is 3.43. The molecule has 0 saturated carbocycles. The van der Waals surface area contributed by atoms with Gasteiger partial charge in [-0.25, -0.2) is 0 Å². The monoisotopic (exact) mass is 358 g/mol. The van der Waals surface area contributed by atoms with E-state index in [1.54, 1.807) is 0 Å². The molecule has 0 aliphatic heterocycles. The molecule has 2 rings (SSSR count). The molecule has 2 aromatic rings. The summed E-state index contributed by atoms with van der Waals surface area (Å²) in [5.41, 5.74) is 7.93. The van der Waals surface area contributed by atoms with Crippen molar-refractivity contribution in [3.8, 4) is 5.75 Å². The molecule has 0 heterocycles. The van der Waals surface area contributed by atoms with Crippen LogP contribution in [0.25, 0.3) is 0 Å². The number of hydrogen-bond donors (Lipinski definition) is 2. The van der Waals surface area contributed by atoms with Crippen LogP contribution in [0.1, 0.15) is 16.7 Å². The number of aryl methyl sites for hydroxylation is 3. The summed E-state index contributed by atoms with van der Waals surface area (Å²) in [5.74, 6) is 0.206. The first-order chi connectivity index (χ1) is 11.9. The molecule has 25 heavy (non-hydrogen) atoms. The Morgan fingerprint density at radius 3 is 2.28 bits per heavy atom. The Kier molecular flexibility index (Phi) is 6.89. The Bertz CT molecular complexity index is 745. The number of hydrogen-bond acceptors (Lipinski definition) is 4. The average Bonchev–Trinajstić information content (AvgIpc) is 2.60. The van der Waals surface area contributed by atoms with Crippen molar-refractivity contribution in [1.82, 2.24) is 10.9 Å². The van der Waals surface area contributed by atoms with Gasteiger partial charge in [-0.2, -0.15) is 0 Å². The predicted molar refractivity (Wildman–Crippen MR) is 99.6 cm³/mol. The van der Waals surface area contributed by atoms with E-state index in [1.165, 1.54) is 17.3 Å². The minimum absolute atomic E-state index is 0.157. The van der Waals surface area contributed by atoms with Crippen LogP contribution in [0.5, 0.6) is 5.75 Å². The van der Waals surface area contributed by atoms with E-state index in [4.69, 9.17) is 4.74 Å². The first-order valence-electron chi connectivity index (χ1n) is 7.91. The van der Waals surface area contributed by atoms with Gasteiger partial charge in [0.15, 0.2) is 6.61 Å². The maximum atomic E-state index is 11.8. The van der Waals surface area contributed by atoms with Crippen molar-refractivity contribution in [2.45, 2.75) is 25.7 Å². The van der Waals surface area contributed by atoms with E-state index in [9.17, 15) is 9.59 Å². The summed E-state index contributed by atoms with van der Waals surface area (Å²) in [5, 5.41) is 0. The molecule has 132 valence electrons. The molecule has 2 N–H and O–H groups in total. The van der Waals surface area contributed by atoms with E-state index in [1.807, 2.05) is 63.2 Å². The molecule has 0 aliphatic carbocycles. The van der Waals surface area contributed by atoms with Gasteiger partial charge in [0.05, 0.1) is 5.75 Å². The summed E-state index contributed by atoms with van der Waals surface area (Å²) in [7, 11) is 0. The first kappa shape index (κ1) is 18.9. The molecular formula is C19H22N2O3S. The topological polar surface area (TPSA) is 67.4 Å². The van der Waals surface area contributed by atoms with Crippen LogP contribution >= 0.6 is 11.8 Å². The second-order valence-electron chi connectivity index (χ2n) is 5.76. The van der Waals surface area contributed by atoms with Crippen LogP contribution in [0.3, 0.4) is 0 Å². The molecular weight excluding hydrogens is 336 g/mol. The lowest BCUT2D eigenvalue weighted by Gasteiger charge is -2.11. The average molecular weight is 358 g/mol. The van der Waals surface area contributed by atoms with Gasteiger partial charge in [0, 0.05) is 4.90 Å². The standard InChI is InChI=1S/C19H22N2O3S/c1-13-5-8-16(9-6-13)25-12-19(23)21-20-18(22)11-24-17-10-14(2)4-7-15(17)3/h4-10H,11-12H2,1-3H3,(H,20,22)(H,21,23). The fraction of sp³-hybridized carbons (Fsp3) is 0.263. The van der Waals surface area contributed by atoms with Crippen molar-refractivity contribution in [3.05, 3.63) is 59.2 Å². The van der Waals surface area contributed by atoms with Crippen LogP contribution in [-0.2, 0) is 9.59 Å². The second-order valence-corrected chi connectivity index (χ2v) is 6.80. The zero-order valence-corrected chi connectivity index (χ0v) is 15.4. The van der Waals surface area contributed by atoms with E-state index in [0.29, 0.717) is 5.75 Å². The lowest BCUT2D eigenvalue weighted by atomic mass is 10.1. The fourth-order valence-corrected chi connectivity index (χ4v) is 2.70. The molecule has 0 atom stereocenters. The Labute approximate surface area is 152 Å². The molecule has 0 unspecified atom stereocenters. The zero-order valence-electron chi connectivity index (χ0n) is 14.6. The van der Waals surface area contributed by atoms with Crippen LogP contribution in [0.2, 0.25) is 0 Å². The highest BCUT2D eigenvalue weighted by molar-refractivity contribution is 8.00. The number of hydrazine groups is 1. The van der Waals surface area contributed by atoms with Gasteiger partial charge in [0.2, 0.25) is 5.91 Å². The minimum Gasteiger partial charge on any atom is -0.483 e. The maximum absolute atomic E-state index is 11.8. The highest BCUT2D eigenvalue weighted by Crippen LogP contribution is 2.19. The van der Waals surface area contributed by atoms with E-state index in [-0.39, 0.29) is 18.3 Å². The lowest BCUT2D eigenvalue weighted by Crippen LogP contribution is -2.44. The van der Waals surface area contributed by atoms with E-state index < -0.39 is 5.91 Å². The maximum Gasteiger partial charge on any atom is 0.276 e. The summed E-state index contributed by atoms with van der Waals surface area (Å²) in [4.78, 5) is 24.5. The van der Waals surface area contributed by atoms with E-state index in [0.717, 1.165) is 16.0 Å². The Hall–Kier alpha value is -2.47. The van der Waals surface area contributed by atoms with Crippen molar-refractivity contribution in [1.29, 1.82) is 0 Å². The normalized spacial score (nSPS) is 10.2. The van der Waals surface area contributed by atoms with Crippen LogP contribution in [0.4, 0.5) is 0 Å². The fourth-order valence-electron chi connectivity index (χ4n) is 2.00. The van der Waals surface area contributed by atoms with Crippen molar-refractivity contribution in [2.75, 3.05) is 12.4 Å². The molecule has 0 bridgehead atoms. The minimum atomic E-state index is -0.408. The molecule has 2 aromatic carbocycles. The van der Waals surface area contributed by atoms with Crippen LogP contribution in [0.15, 0.2) is 47.4 Å². The van der Waals surface area contributed by atoms with Crippen LogP contribution < -0.4 is 15.6 Å². The third kappa shape index (κ3) is 6.51. The molecule has 0 aromatic heterocycles. The first-order valence-corrected chi connectivity index (χ1v) is 8.90. The van der Waals surface area contributed by atoms with Crippen molar-refractivity contribution in [3.63, 3.8) is 0 Å². The Morgan fingerprint density at radius 2 is 1.56 bits per heavy atom. The number of ether oxygens (including phenoxy) is 1. The predicted octanol–water partition coefficient (Wildman–Crippen LogP) is 2.93. The molecule has 0 radical (unpaired) electrons. The number of rotatable bonds is 6. The number of thioether (sulfide) groups is 1. The van der Waals surface area contributed by atoms with Gasteiger partial charge in [-0.3, -0.25) is 20.4 Å². The largest absolute Gasteiger partial charge is 0.483 e. The smallest absolute Gasteiger partial charge is 0.276 e. The SMILES string of the molecule is Cc1ccc(SCC(=O)NNC(=O)COc2cc(C)ccc2C)cc1. The van der Waals surface area contributed by atoms with Gasteiger partial charge >= 0.3 is 0 Å². The number of amides is 2. The Morgan fingerprint density at radius 1 is 0.920 bits per heavy atom. The van der Waals surface area contributed by atoms with Gasteiger partial charge in [0.1, 0.15) is 5.75 Å². The molecule has 0 spiro atoms. The molecule has 5 nitrogen and oxygen atoms in total. The number of benzene rings is 2. The number of nitrogens with one attached hydrogen (secondary N) is 2. The quantitative estimate of drug-likeness (QED) is 0.615. The van der Waals surface area contributed by atoms with Crippen LogP contribution in [0, 0.1) is 20.8 Å². The zero-order chi connectivity index (χ0) is 18.2. The summed E-state index contributed by atoms with van der Waals surface area (Å²) >= 11 is 1.41. The van der Waals surface area contributed by atoms with Crippen molar-refractivity contribution < 1.29 is 14.3 Å². The highest BCUT2D eigenvalue weighted by Gasteiger charge is 2.07. The summed E-state index contributed by atoms with van der Waals surface area (Å²) in [6.07, 6.45) is 0. The highest BCUT2D eigenvalue weighted by atomic mass is 32.2.